The smallest absolute Gasteiger partial charge is 0.259 e. The first-order valence-electron chi connectivity index (χ1n) is 8.85. The van der Waals surface area contributed by atoms with Gasteiger partial charge in [0.1, 0.15) is 0 Å². The van der Waals surface area contributed by atoms with E-state index in [0.29, 0.717) is 34.6 Å². The quantitative estimate of drug-likeness (QED) is 0.673. The summed E-state index contributed by atoms with van der Waals surface area (Å²) in [6.07, 6.45) is 0. The highest BCUT2D eigenvalue weighted by Crippen LogP contribution is 2.27. The normalized spacial score (nSPS) is 11.9. The monoisotopic (exact) mass is 388 g/mol. The van der Waals surface area contributed by atoms with E-state index in [0.717, 1.165) is 12.1 Å². The fourth-order valence-corrected chi connectivity index (χ4v) is 2.91. The molecule has 144 valence electrons. The average Bonchev–Trinajstić information content (AvgIpc) is 3.01. The van der Waals surface area contributed by atoms with Crippen LogP contribution in [0.4, 0.5) is 0 Å². The van der Waals surface area contributed by atoms with Crippen molar-refractivity contribution in [2.24, 2.45) is 0 Å². The average molecular weight is 389 g/mol. The molecule has 2 heterocycles. The summed E-state index contributed by atoms with van der Waals surface area (Å²) in [5.41, 5.74) is 4.37. The number of amides is 1. The minimum atomic E-state index is -0.151. The van der Waals surface area contributed by atoms with E-state index < -0.39 is 0 Å². The van der Waals surface area contributed by atoms with Gasteiger partial charge in [-0.05, 0) is 33.4 Å². The molecule has 0 unspecified atom stereocenters. The molecule has 0 aliphatic carbocycles. The van der Waals surface area contributed by atoms with E-state index in [1.165, 1.54) is 5.56 Å². The summed E-state index contributed by atoms with van der Waals surface area (Å²) < 4.78 is 5.34. The number of hydrogen-bond donors (Lipinski definition) is 2. The highest BCUT2D eigenvalue weighted by molar-refractivity contribution is 6.07. The van der Waals surface area contributed by atoms with Crippen LogP contribution in [0.5, 0.6) is 0 Å². The lowest BCUT2D eigenvalue weighted by Gasteiger charge is -2.14. The summed E-state index contributed by atoms with van der Waals surface area (Å²) in [7, 11) is 0. The van der Waals surface area contributed by atoms with Crippen molar-refractivity contribution in [1.82, 2.24) is 20.8 Å². The van der Waals surface area contributed by atoms with E-state index in [1.807, 2.05) is 58.0 Å². The standard InChI is InChI=1S/C20H24N4O2.ClH/c1-5-21-13(3)11-22-19(25)16-10-17(15-8-6-12(2)7-9-15)23-20-18(16)14(4)24-26-20;/h6-10,13,21H,5,11H2,1-4H3,(H,22,25);1H/t13-;/m1./s1. The molecular formula is C20H25ClN4O2. The predicted octanol–water partition coefficient (Wildman–Crippen LogP) is 3.66. The third-order valence-electron chi connectivity index (χ3n) is 4.33. The van der Waals surface area contributed by atoms with Crippen molar-refractivity contribution in [2.75, 3.05) is 13.1 Å². The van der Waals surface area contributed by atoms with Crippen LogP contribution in [0.25, 0.3) is 22.4 Å². The molecule has 6 nitrogen and oxygen atoms in total. The first-order chi connectivity index (χ1) is 12.5. The number of benzene rings is 1. The molecule has 0 saturated heterocycles. The second kappa shape index (κ2) is 8.97. The molecule has 2 aromatic heterocycles. The molecule has 0 aliphatic rings. The molecular weight excluding hydrogens is 364 g/mol. The number of aromatic nitrogens is 2. The van der Waals surface area contributed by atoms with Gasteiger partial charge in [0.15, 0.2) is 0 Å². The Bertz CT molecular complexity index is 922. The third-order valence-corrected chi connectivity index (χ3v) is 4.33. The lowest BCUT2D eigenvalue weighted by atomic mass is 10.0. The van der Waals surface area contributed by atoms with Crippen LogP contribution >= 0.6 is 12.4 Å². The van der Waals surface area contributed by atoms with Gasteiger partial charge in [-0.25, -0.2) is 4.98 Å². The summed E-state index contributed by atoms with van der Waals surface area (Å²) in [6.45, 7) is 9.33. The second-order valence-electron chi connectivity index (χ2n) is 6.54. The number of halogens is 1. The van der Waals surface area contributed by atoms with Gasteiger partial charge in [-0.2, -0.15) is 0 Å². The SMILES string of the molecule is CCN[C@H](C)CNC(=O)c1cc(-c2ccc(C)cc2)nc2onc(C)c12.Cl. The Hall–Kier alpha value is -2.44. The van der Waals surface area contributed by atoms with Gasteiger partial charge in [-0.1, -0.05) is 41.9 Å². The molecule has 0 radical (unpaired) electrons. The Morgan fingerprint density at radius 1 is 1.22 bits per heavy atom. The highest BCUT2D eigenvalue weighted by Gasteiger charge is 2.19. The summed E-state index contributed by atoms with van der Waals surface area (Å²) in [6, 6.07) is 10.0. The van der Waals surface area contributed by atoms with Crippen LogP contribution in [0, 0.1) is 13.8 Å². The molecule has 3 rings (SSSR count). The zero-order valence-corrected chi connectivity index (χ0v) is 16.8. The van der Waals surface area contributed by atoms with E-state index in [4.69, 9.17) is 4.52 Å². The lowest BCUT2D eigenvalue weighted by Crippen LogP contribution is -2.38. The van der Waals surface area contributed by atoms with Crippen molar-refractivity contribution >= 4 is 29.4 Å². The van der Waals surface area contributed by atoms with Crippen molar-refractivity contribution in [2.45, 2.75) is 33.7 Å². The number of carbonyl (C=O) groups excluding carboxylic acids is 1. The molecule has 0 spiro atoms. The molecule has 1 aromatic carbocycles. The third kappa shape index (κ3) is 4.64. The maximum absolute atomic E-state index is 12.8. The van der Waals surface area contributed by atoms with Crippen LogP contribution in [0.2, 0.25) is 0 Å². The largest absolute Gasteiger partial charge is 0.350 e. The fraction of sp³-hybridized carbons (Fsp3) is 0.350. The van der Waals surface area contributed by atoms with Crippen LogP contribution in [0.1, 0.15) is 35.5 Å². The Kier molecular flexibility index (Phi) is 6.93. The first kappa shape index (κ1) is 20.9. The number of hydrogen-bond acceptors (Lipinski definition) is 5. The summed E-state index contributed by atoms with van der Waals surface area (Å²) in [5, 5.41) is 10.9. The van der Waals surface area contributed by atoms with Crippen LogP contribution in [-0.4, -0.2) is 35.2 Å². The van der Waals surface area contributed by atoms with Gasteiger partial charge in [-0.15, -0.1) is 12.4 Å². The molecule has 7 heteroatoms. The predicted molar refractivity (Wildman–Crippen MR) is 109 cm³/mol. The number of pyridine rings is 1. The van der Waals surface area contributed by atoms with Crippen molar-refractivity contribution in [1.29, 1.82) is 0 Å². The van der Waals surface area contributed by atoms with Crippen LogP contribution < -0.4 is 10.6 Å². The van der Waals surface area contributed by atoms with Gasteiger partial charge in [0.2, 0.25) is 0 Å². The number of nitrogens with one attached hydrogen (secondary N) is 2. The van der Waals surface area contributed by atoms with Gasteiger partial charge in [-0.3, -0.25) is 4.79 Å². The maximum atomic E-state index is 12.8. The van der Waals surface area contributed by atoms with E-state index in [-0.39, 0.29) is 24.4 Å². The maximum Gasteiger partial charge on any atom is 0.259 e. The summed E-state index contributed by atoms with van der Waals surface area (Å²) in [4.78, 5) is 17.4. The molecule has 0 saturated carbocycles. The van der Waals surface area contributed by atoms with Gasteiger partial charge in [0.25, 0.3) is 11.6 Å². The Labute approximate surface area is 165 Å². The topological polar surface area (TPSA) is 80.0 Å². The number of rotatable bonds is 6. The van der Waals surface area contributed by atoms with Crippen molar-refractivity contribution < 1.29 is 9.32 Å². The number of nitrogens with zero attached hydrogens (tertiary/aromatic N) is 2. The van der Waals surface area contributed by atoms with Gasteiger partial charge in [0.05, 0.1) is 22.3 Å². The fourth-order valence-electron chi connectivity index (χ4n) is 2.91. The van der Waals surface area contributed by atoms with Crippen molar-refractivity contribution in [3.05, 3.63) is 47.2 Å². The summed E-state index contributed by atoms with van der Waals surface area (Å²) >= 11 is 0. The lowest BCUT2D eigenvalue weighted by molar-refractivity contribution is 0.0951. The minimum Gasteiger partial charge on any atom is -0.350 e. The number of carbonyl (C=O) groups is 1. The second-order valence-corrected chi connectivity index (χ2v) is 6.54. The molecule has 1 amide bonds. The minimum absolute atomic E-state index is 0. The van der Waals surface area contributed by atoms with Crippen LogP contribution in [0.15, 0.2) is 34.9 Å². The van der Waals surface area contributed by atoms with E-state index in [9.17, 15) is 4.79 Å². The molecule has 1 atom stereocenters. The number of aryl methyl sites for hydroxylation is 2. The van der Waals surface area contributed by atoms with Crippen molar-refractivity contribution in [3.8, 4) is 11.3 Å². The van der Waals surface area contributed by atoms with Gasteiger partial charge >= 0.3 is 0 Å². The summed E-state index contributed by atoms with van der Waals surface area (Å²) in [5.74, 6) is -0.151. The van der Waals surface area contributed by atoms with Gasteiger partial charge < -0.3 is 15.2 Å². The Balaban J connectivity index is 0.00000261. The van der Waals surface area contributed by atoms with Gasteiger partial charge in [0, 0.05) is 18.2 Å². The van der Waals surface area contributed by atoms with Crippen LogP contribution in [0.3, 0.4) is 0 Å². The van der Waals surface area contributed by atoms with E-state index in [1.54, 1.807) is 0 Å². The number of fused-ring (bicyclic) bond motifs is 1. The van der Waals surface area contributed by atoms with E-state index >= 15 is 0 Å². The van der Waals surface area contributed by atoms with Crippen molar-refractivity contribution in [3.63, 3.8) is 0 Å². The van der Waals surface area contributed by atoms with Crippen LogP contribution in [-0.2, 0) is 0 Å². The zero-order valence-electron chi connectivity index (χ0n) is 16.0. The zero-order chi connectivity index (χ0) is 18.7. The molecule has 0 bridgehead atoms. The molecule has 3 aromatic rings. The Morgan fingerprint density at radius 2 is 1.93 bits per heavy atom. The molecule has 0 fully saturated rings. The molecule has 0 aliphatic heterocycles. The Morgan fingerprint density at radius 3 is 2.59 bits per heavy atom. The highest BCUT2D eigenvalue weighted by atomic mass is 35.5. The number of likely N-dealkylation sites (N-methyl/N-ethyl adjacent to an activating group) is 1. The van der Waals surface area contributed by atoms with E-state index in [2.05, 4.69) is 20.8 Å². The first-order valence-corrected chi connectivity index (χ1v) is 8.85. The molecule has 27 heavy (non-hydrogen) atoms. The molecule has 2 N–H and O–H groups in total.